The van der Waals surface area contributed by atoms with E-state index >= 15 is 4.39 Å². The second-order valence-electron chi connectivity index (χ2n) is 11.1. The molecule has 3 aliphatic rings. The maximum absolute atomic E-state index is 15.2. The van der Waals surface area contributed by atoms with E-state index in [0.717, 1.165) is 48.7 Å². The largest absolute Gasteiger partial charge is 0.478 e. The smallest absolute Gasteiger partial charge is 0.335 e. The SMILES string of the molecule is O=C(O)c1ccc2nc(CN3CCN(c4cccc5c4OC(c4ccc(Cl)cc4F)C=C5F)CC3)n(CC3CCO3)c2c1. The van der Waals surface area contributed by atoms with Gasteiger partial charge in [0.2, 0.25) is 0 Å². The van der Waals surface area contributed by atoms with E-state index < -0.39 is 23.7 Å². The van der Waals surface area contributed by atoms with Gasteiger partial charge >= 0.3 is 5.97 Å². The number of benzene rings is 3. The maximum Gasteiger partial charge on any atom is 0.335 e. The first-order chi connectivity index (χ1) is 20.8. The molecule has 3 aliphatic heterocycles. The summed E-state index contributed by atoms with van der Waals surface area (Å²) in [7, 11) is 0. The second-order valence-corrected chi connectivity index (χ2v) is 11.5. The van der Waals surface area contributed by atoms with Crippen molar-refractivity contribution in [2.24, 2.45) is 0 Å². The third-order valence-corrected chi connectivity index (χ3v) is 8.63. The fourth-order valence-corrected chi connectivity index (χ4v) is 6.12. The molecule has 1 aromatic heterocycles. The zero-order chi connectivity index (χ0) is 29.7. The van der Waals surface area contributed by atoms with Crippen LogP contribution >= 0.6 is 11.6 Å². The molecule has 43 heavy (non-hydrogen) atoms. The molecule has 0 aliphatic carbocycles. The molecule has 4 aromatic rings. The van der Waals surface area contributed by atoms with Gasteiger partial charge in [0.1, 0.15) is 23.6 Å². The highest BCUT2D eigenvalue weighted by atomic mass is 35.5. The molecule has 222 valence electrons. The molecule has 1 N–H and O–H groups in total. The molecule has 0 amide bonds. The summed E-state index contributed by atoms with van der Waals surface area (Å²) in [5.74, 6) is -0.722. The van der Waals surface area contributed by atoms with Crippen LogP contribution in [0.1, 0.15) is 39.8 Å². The molecule has 0 radical (unpaired) electrons. The van der Waals surface area contributed by atoms with E-state index in [2.05, 4.69) is 14.4 Å². The van der Waals surface area contributed by atoms with Gasteiger partial charge < -0.3 is 24.0 Å². The van der Waals surface area contributed by atoms with Crippen molar-refractivity contribution in [1.29, 1.82) is 0 Å². The summed E-state index contributed by atoms with van der Waals surface area (Å²) in [5.41, 5.74) is 3.10. The van der Waals surface area contributed by atoms with Gasteiger partial charge in [-0.2, -0.15) is 0 Å². The van der Waals surface area contributed by atoms with E-state index in [9.17, 15) is 14.3 Å². The van der Waals surface area contributed by atoms with Gasteiger partial charge in [0.25, 0.3) is 0 Å². The normalized spacial score (nSPS) is 20.3. The van der Waals surface area contributed by atoms with Crippen molar-refractivity contribution in [3.8, 4) is 5.75 Å². The first kappa shape index (κ1) is 27.8. The number of imidazole rings is 1. The van der Waals surface area contributed by atoms with Crippen molar-refractivity contribution in [1.82, 2.24) is 14.5 Å². The number of fused-ring (bicyclic) bond motifs is 2. The van der Waals surface area contributed by atoms with Crippen LogP contribution in [0.25, 0.3) is 16.9 Å². The van der Waals surface area contributed by atoms with Crippen LogP contribution in [0.3, 0.4) is 0 Å². The topological polar surface area (TPSA) is 80.1 Å². The molecular weight excluding hydrogens is 578 g/mol. The highest BCUT2D eigenvalue weighted by Crippen LogP contribution is 2.44. The van der Waals surface area contributed by atoms with Crippen molar-refractivity contribution in [3.05, 3.63) is 94.0 Å². The molecule has 2 atom stereocenters. The minimum absolute atomic E-state index is 0.0883. The minimum Gasteiger partial charge on any atom is -0.478 e. The number of carboxylic acid groups (broad SMARTS) is 1. The summed E-state index contributed by atoms with van der Waals surface area (Å²) in [6, 6.07) is 14.7. The molecule has 4 heterocycles. The summed E-state index contributed by atoms with van der Waals surface area (Å²) in [4.78, 5) is 20.9. The average Bonchev–Trinajstić information content (AvgIpc) is 3.31. The Morgan fingerprint density at radius 3 is 2.60 bits per heavy atom. The number of para-hydroxylation sites is 1. The number of piperazine rings is 1. The van der Waals surface area contributed by atoms with E-state index in [-0.39, 0.29) is 22.3 Å². The van der Waals surface area contributed by atoms with Gasteiger partial charge in [0.15, 0.2) is 5.75 Å². The predicted octanol–water partition coefficient (Wildman–Crippen LogP) is 6.08. The number of carbonyl (C=O) groups is 1. The van der Waals surface area contributed by atoms with Crippen LogP contribution < -0.4 is 9.64 Å². The van der Waals surface area contributed by atoms with E-state index in [1.165, 1.54) is 18.2 Å². The number of anilines is 1. The lowest BCUT2D eigenvalue weighted by Crippen LogP contribution is -2.46. The van der Waals surface area contributed by atoms with Crippen molar-refractivity contribution >= 4 is 40.1 Å². The van der Waals surface area contributed by atoms with Gasteiger partial charge in [-0.3, -0.25) is 4.90 Å². The zero-order valence-corrected chi connectivity index (χ0v) is 23.9. The Morgan fingerprint density at radius 1 is 1.07 bits per heavy atom. The molecule has 0 saturated carbocycles. The number of ether oxygens (including phenoxy) is 2. The Kier molecular flexibility index (Phi) is 7.28. The number of aromatic carboxylic acids is 1. The van der Waals surface area contributed by atoms with E-state index in [4.69, 9.17) is 26.1 Å². The number of aromatic nitrogens is 2. The molecule has 2 unspecified atom stereocenters. The Labute approximate surface area is 251 Å². The summed E-state index contributed by atoms with van der Waals surface area (Å²) < 4.78 is 43.9. The molecule has 2 saturated heterocycles. The monoisotopic (exact) mass is 606 g/mol. The molecule has 0 spiro atoms. The van der Waals surface area contributed by atoms with Crippen LogP contribution in [0.2, 0.25) is 5.02 Å². The van der Waals surface area contributed by atoms with Crippen molar-refractivity contribution < 1.29 is 28.2 Å². The van der Waals surface area contributed by atoms with E-state index in [0.29, 0.717) is 37.5 Å². The maximum atomic E-state index is 15.2. The van der Waals surface area contributed by atoms with Crippen molar-refractivity contribution in [2.75, 3.05) is 37.7 Å². The van der Waals surface area contributed by atoms with E-state index in [1.54, 1.807) is 36.4 Å². The number of carboxylic acids is 1. The van der Waals surface area contributed by atoms with Crippen LogP contribution in [0.15, 0.2) is 60.7 Å². The van der Waals surface area contributed by atoms with Gasteiger partial charge in [-0.15, -0.1) is 0 Å². The summed E-state index contributed by atoms with van der Waals surface area (Å²) in [6.07, 6.45) is 1.42. The molecule has 7 rings (SSSR count). The second kappa shape index (κ2) is 11.3. The van der Waals surface area contributed by atoms with Gasteiger partial charge in [-0.25, -0.2) is 18.6 Å². The summed E-state index contributed by atoms with van der Waals surface area (Å²) >= 11 is 5.92. The molecule has 3 aromatic carbocycles. The fraction of sp³-hybridized carbons (Fsp3) is 0.312. The molecule has 0 bridgehead atoms. The third kappa shape index (κ3) is 5.35. The lowest BCUT2D eigenvalue weighted by atomic mass is 10.0. The fourth-order valence-electron chi connectivity index (χ4n) is 5.96. The Balaban J connectivity index is 1.10. The molecular formula is C32H29ClF2N4O4. The Hall–Kier alpha value is -3.99. The zero-order valence-electron chi connectivity index (χ0n) is 23.2. The highest BCUT2D eigenvalue weighted by Gasteiger charge is 2.30. The number of rotatable bonds is 7. The average molecular weight is 607 g/mol. The van der Waals surface area contributed by atoms with Crippen LogP contribution in [-0.2, 0) is 17.8 Å². The number of hydrogen-bond donors (Lipinski definition) is 1. The molecule has 8 nitrogen and oxygen atoms in total. The summed E-state index contributed by atoms with van der Waals surface area (Å²) in [6.45, 7) is 4.73. The van der Waals surface area contributed by atoms with Gasteiger partial charge in [0, 0.05) is 43.4 Å². The third-order valence-electron chi connectivity index (χ3n) is 8.39. The van der Waals surface area contributed by atoms with Gasteiger partial charge in [-0.05, 0) is 55.0 Å². The lowest BCUT2D eigenvalue weighted by Gasteiger charge is -2.38. The number of hydrogen-bond acceptors (Lipinski definition) is 6. The van der Waals surface area contributed by atoms with Gasteiger partial charge in [-0.1, -0.05) is 23.7 Å². The molecule has 11 heteroatoms. The summed E-state index contributed by atoms with van der Waals surface area (Å²) in [5, 5.41) is 9.78. The Morgan fingerprint density at radius 2 is 1.88 bits per heavy atom. The van der Waals surface area contributed by atoms with Crippen LogP contribution in [0, 0.1) is 5.82 Å². The van der Waals surface area contributed by atoms with E-state index in [1.807, 2.05) is 6.07 Å². The molecule has 2 fully saturated rings. The van der Waals surface area contributed by atoms with Crippen LogP contribution in [0.4, 0.5) is 14.5 Å². The van der Waals surface area contributed by atoms with Crippen molar-refractivity contribution in [2.45, 2.75) is 31.7 Å². The van der Waals surface area contributed by atoms with Crippen molar-refractivity contribution in [3.63, 3.8) is 0 Å². The quantitative estimate of drug-likeness (QED) is 0.273. The van der Waals surface area contributed by atoms with Crippen LogP contribution in [-0.4, -0.2) is 64.4 Å². The lowest BCUT2D eigenvalue weighted by molar-refractivity contribution is -0.0592. The Bertz CT molecular complexity index is 1750. The standard InChI is InChI=1S/C32H29ClF2N4O4/c33-20-5-6-22(24(34)15-20)29-16-25(35)23-2-1-3-27(31(23)43-29)38-11-9-37(10-12-38)18-30-36-26-7-4-19(32(40)41)14-28(26)39(30)17-21-8-13-42-21/h1-7,14-16,21,29H,8-13,17-18H2,(H,40,41). The number of halogens is 3. The predicted molar refractivity (Wildman–Crippen MR) is 159 cm³/mol. The number of nitrogens with zero attached hydrogens (tertiary/aromatic N) is 4. The first-order valence-electron chi connectivity index (χ1n) is 14.3. The highest BCUT2D eigenvalue weighted by molar-refractivity contribution is 6.30. The van der Waals surface area contributed by atoms with Gasteiger partial charge in [0.05, 0.1) is 47.0 Å². The minimum atomic E-state index is -0.973. The first-order valence-corrected chi connectivity index (χ1v) is 14.7. The van der Waals surface area contributed by atoms with Crippen LogP contribution in [0.5, 0.6) is 5.75 Å².